The third kappa shape index (κ3) is 7.08. The van der Waals surface area contributed by atoms with Gasteiger partial charge in [-0.15, -0.1) is 0 Å². The number of nitrogens with two attached hydrogens (primary N) is 1. The molecule has 0 radical (unpaired) electrons. The number of amides is 5. The molecule has 4 rings (SSSR count). The van der Waals surface area contributed by atoms with Crippen molar-refractivity contribution in [3.63, 3.8) is 0 Å². The fraction of sp³-hybridized carbons (Fsp3) is 0.667. The maximum absolute atomic E-state index is 14.2. The first-order valence-electron chi connectivity index (χ1n) is 16.1. The molecule has 2 saturated carbocycles. The van der Waals surface area contributed by atoms with Crippen LogP contribution in [0.4, 0.5) is 4.79 Å². The zero-order valence-corrected chi connectivity index (χ0v) is 28.6. The molecular formula is C33H49N5O7S. The lowest BCUT2D eigenvalue weighted by Gasteiger charge is -2.35. The molecule has 6 atom stereocenters. The molecule has 46 heavy (non-hydrogen) atoms. The Kier molecular flexibility index (Phi) is 9.97. The number of hydrogen-bond acceptors (Lipinski definition) is 7. The van der Waals surface area contributed by atoms with E-state index in [1.54, 1.807) is 45.9 Å². The molecule has 3 aliphatic rings. The van der Waals surface area contributed by atoms with Crippen LogP contribution in [-0.4, -0.2) is 79.3 Å². The lowest BCUT2D eigenvalue weighted by molar-refractivity contribution is -0.144. The monoisotopic (exact) mass is 659 g/mol. The van der Waals surface area contributed by atoms with Crippen molar-refractivity contribution in [2.45, 2.75) is 96.8 Å². The Hall–Kier alpha value is -3.48. The minimum absolute atomic E-state index is 0.156. The van der Waals surface area contributed by atoms with Gasteiger partial charge in [0.05, 0.1) is 16.7 Å². The Morgan fingerprint density at radius 2 is 1.54 bits per heavy atom. The molecule has 1 heterocycles. The molecule has 5 N–H and O–H groups in total. The smallest absolute Gasteiger partial charge is 0.315 e. The Morgan fingerprint density at radius 1 is 0.935 bits per heavy atom. The summed E-state index contributed by atoms with van der Waals surface area (Å²) in [6.45, 7) is 13.5. The number of urea groups is 1. The third-order valence-electron chi connectivity index (χ3n) is 10.5. The minimum atomic E-state index is -3.70. The van der Waals surface area contributed by atoms with Crippen molar-refractivity contribution in [1.29, 1.82) is 0 Å². The number of nitrogens with one attached hydrogen (secondary N) is 3. The molecule has 13 heteroatoms. The number of carbonyl (C=O) groups is 5. The van der Waals surface area contributed by atoms with Crippen molar-refractivity contribution in [3.05, 3.63) is 30.3 Å². The summed E-state index contributed by atoms with van der Waals surface area (Å²) in [5.74, 6) is -3.85. The quantitative estimate of drug-likeness (QED) is 0.220. The van der Waals surface area contributed by atoms with E-state index in [1.165, 1.54) is 17.0 Å². The molecule has 5 unspecified atom stereocenters. The summed E-state index contributed by atoms with van der Waals surface area (Å²) in [5.41, 5.74) is 4.65. The first-order valence-corrected chi connectivity index (χ1v) is 17.8. The van der Waals surface area contributed by atoms with Crippen molar-refractivity contribution in [2.75, 3.05) is 12.3 Å². The number of Topliss-reactive ketones (excluding diaryl/α,β-unsaturated/α-hetero) is 1. The van der Waals surface area contributed by atoms with Crippen molar-refractivity contribution in [2.24, 2.45) is 40.2 Å². The first kappa shape index (κ1) is 35.4. The molecule has 5 amide bonds. The van der Waals surface area contributed by atoms with E-state index in [9.17, 15) is 32.4 Å². The van der Waals surface area contributed by atoms with E-state index >= 15 is 0 Å². The molecule has 1 aromatic carbocycles. The van der Waals surface area contributed by atoms with Crippen LogP contribution in [0.2, 0.25) is 0 Å². The van der Waals surface area contributed by atoms with Crippen LogP contribution in [0.3, 0.4) is 0 Å². The minimum Gasteiger partial charge on any atom is -0.363 e. The second kappa shape index (κ2) is 13.0. The highest BCUT2D eigenvalue weighted by Gasteiger charge is 2.77. The summed E-state index contributed by atoms with van der Waals surface area (Å²) in [7, 11) is -3.70. The van der Waals surface area contributed by atoms with E-state index in [1.807, 2.05) is 20.8 Å². The summed E-state index contributed by atoms with van der Waals surface area (Å²) in [4.78, 5) is 67.4. The van der Waals surface area contributed by atoms with Crippen LogP contribution in [0.1, 0.15) is 67.7 Å². The highest BCUT2D eigenvalue weighted by Crippen LogP contribution is 2.74. The van der Waals surface area contributed by atoms with Crippen LogP contribution < -0.4 is 21.7 Å². The number of sulfone groups is 1. The topological polar surface area (TPSA) is 185 Å². The lowest BCUT2D eigenvalue weighted by atomic mass is 9.94. The number of carbonyl (C=O) groups excluding carboxylic acids is 5. The van der Waals surface area contributed by atoms with E-state index in [4.69, 9.17) is 5.73 Å². The number of benzene rings is 1. The van der Waals surface area contributed by atoms with E-state index in [2.05, 4.69) is 16.0 Å². The molecule has 0 bridgehead atoms. The summed E-state index contributed by atoms with van der Waals surface area (Å²) < 4.78 is 26.1. The summed E-state index contributed by atoms with van der Waals surface area (Å²) >= 11 is 0. The van der Waals surface area contributed by atoms with E-state index in [0.717, 1.165) is 12.8 Å². The normalized spacial score (nSPS) is 25.3. The van der Waals surface area contributed by atoms with Crippen LogP contribution in [0.15, 0.2) is 35.2 Å². The average molecular weight is 660 g/mol. The lowest BCUT2D eigenvalue weighted by Crippen LogP contribution is -2.60. The SMILES string of the molecule is CC(C)C(CS(=O)(=O)c1ccccc1)NC(=O)N[C@H](C(=O)N1CC2(C)C(C1C(=O)NC(CC1CC1)C(=O)C(N)=O)C2(C)C)C(C)C. The van der Waals surface area contributed by atoms with Gasteiger partial charge in [-0.3, -0.25) is 19.2 Å². The van der Waals surface area contributed by atoms with Crippen LogP contribution in [0.5, 0.6) is 0 Å². The van der Waals surface area contributed by atoms with Gasteiger partial charge < -0.3 is 26.6 Å². The Labute approximate surface area is 271 Å². The van der Waals surface area contributed by atoms with Gasteiger partial charge in [0.15, 0.2) is 9.84 Å². The van der Waals surface area contributed by atoms with Crippen molar-refractivity contribution in [3.8, 4) is 0 Å². The molecule has 0 spiro atoms. The number of ketones is 1. The molecule has 2 aliphatic carbocycles. The van der Waals surface area contributed by atoms with Gasteiger partial charge in [0.2, 0.25) is 17.6 Å². The van der Waals surface area contributed by atoms with Crippen molar-refractivity contribution in [1.82, 2.24) is 20.9 Å². The van der Waals surface area contributed by atoms with Gasteiger partial charge in [-0.25, -0.2) is 13.2 Å². The van der Waals surface area contributed by atoms with Gasteiger partial charge >= 0.3 is 6.03 Å². The molecule has 1 aliphatic heterocycles. The number of fused-ring (bicyclic) bond motifs is 1. The highest BCUT2D eigenvalue weighted by atomic mass is 32.2. The highest BCUT2D eigenvalue weighted by molar-refractivity contribution is 7.91. The molecular weight excluding hydrogens is 610 g/mol. The number of primary amides is 1. The van der Waals surface area contributed by atoms with Gasteiger partial charge in [0.25, 0.3) is 5.91 Å². The molecule has 0 aromatic heterocycles. The van der Waals surface area contributed by atoms with Gasteiger partial charge in [-0.1, -0.05) is 79.5 Å². The van der Waals surface area contributed by atoms with Crippen LogP contribution >= 0.6 is 0 Å². The molecule has 254 valence electrons. The number of nitrogens with zero attached hydrogens (tertiary/aromatic N) is 1. The average Bonchev–Trinajstić information content (AvgIpc) is 3.82. The van der Waals surface area contributed by atoms with Crippen molar-refractivity contribution >= 4 is 39.4 Å². The maximum Gasteiger partial charge on any atom is 0.315 e. The van der Waals surface area contributed by atoms with Crippen LogP contribution in [0, 0.1) is 34.5 Å². The molecule has 3 fully saturated rings. The second-order valence-electron chi connectivity index (χ2n) is 14.8. The molecule has 1 aromatic rings. The van der Waals surface area contributed by atoms with Crippen LogP contribution in [0.25, 0.3) is 0 Å². The number of hydrogen-bond donors (Lipinski definition) is 4. The zero-order valence-electron chi connectivity index (χ0n) is 27.8. The number of rotatable bonds is 14. The summed E-state index contributed by atoms with van der Waals surface area (Å²) in [5, 5.41) is 8.26. The zero-order chi connectivity index (χ0) is 34.4. The van der Waals surface area contributed by atoms with Gasteiger partial charge in [-0.2, -0.15) is 0 Å². The second-order valence-corrected chi connectivity index (χ2v) is 16.8. The standard InChI is InChI=1S/C33H49N5O7S/c1-18(2)23(16-46(44,45)21-11-9-8-10-12-21)36-31(43)37-24(19(3)4)30(42)38-17-33(7)27(32(33,5)6)25(38)29(41)35-22(15-20-13-14-20)26(39)28(34)40/h8-12,18-20,22-25,27H,13-17H2,1-7H3,(H2,34,40)(H,35,41)(H2,36,37,43)/t22?,23?,24-,25?,27?,33?/m0/s1. The third-order valence-corrected chi connectivity index (χ3v) is 12.3. The fourth-order valence-electron chi connectivity index (χ4n) is 7.05. The Balaban J connectivity index is 1.51. The van der Waals surface area contributed by atoms with Gasteiger partial charge in [0.1, 0.15) is 12.1 Å². The maximum atomic E-state index is 14.2. The van der Waals surface area contributed by atoms with E-state index in [-0.39, 0.29) is 51.7 Å². The Morgan fingerprint density at radius 3 is 2.07 bits per heavy atom. The molecule has 12 nitrogen and oxygen atoms in total. The fourth-order valence-corrected chi connectivity index (χ4v) is 8.76. The Bertz CT molecular complexity index is 1470. The summed E-state index contributed by atoms with van der Waals surface area (Å²) in [6.07, 6.45) is 2.12. The van der Waals surface area contributed by atoms with E-state index < -0.39 is 63.5 Å². The summed E-state index contributed by atoms with van der Waals surface area (Å²) in [6, 6.07) is 3.58. The number of piperidine rings is 1. The van der Waals surface area contributed by atoms with Gasteiger partial charge in [0, 0.05) is 18.5 Å². The molecule has 1 saturated heterocycles. The largest absolute Gasteiger partial charge is 0.363 e. The predicted molar refractivity (Wildman–Crippen MR) is 172 cm³/mol. The number of likely N-dealkylation sites (tertiary alicyclic amines) is 1. The predicted octanol–water partition coefficient (Wildman–Crippen LogP) is 2.02. The van der Waals surface area contributed by atoms with Crippen molar-refractivity contribution < 1.29 is 32.4 Å². The van der Waals surface area contributed by atoms with Gasteiger partial charge in [-0.05, 0) is 47.1 Å². The van der Waals surface area contributed by atoms with E-state index in [0.29, 0.717) is 6.42 Å². The van der Waals surface area contributed by atoms with Crippen LogP contribution in [-0.2, 0) is 29.0 Å². The first-order chi connectivity index (χ1) is 21.3.